The average Bonchev–Trinajstić information content (AvgIpc) is 1.82. The first kappa shape index (κ1) is 12.8. The highest BCUT2D eigenvalue weighted by Gasteiger charge is 2.30. The number of ketones is 1. The van der Waals surface area contributed by atoms with Crippen LogP contribution in [0.4, 0.5) is 13.2 Å². The summed E-state index contributed by atoms with van der Waals surface area (Å²) >= 11 is 1.04. The number of hydrogen-bond donors (Lipinski definition) is 0. The normalized spacial score (nSPS) is 13.1. The molecule has 0 radical (unpaired) electrons. The minimum atomic E-state index is -4.13. The lowest BCUT2D eigenvalue weighted by Gasteiger charge is -2.20. The van der Waals surface area contributed by atoms with Gasteiger partial charge in [-0.3, -0.25) is 4.79 Å². The van der Waals surface area contributed by atoms with Crippen LogP contribution in [0, 0.1) is 0 Å². The van der Waals surface area contributed by atoms with Crippen LogP contribution < -0.4 is 0 Å². The van der Waals surface area contributed by atoms with Crippen LogP contribution in [0.5, 0.6) is 0 Å². The van der Waals surface area contributed by atoms with Gasteiger partial charge in [0.25, 0.3) is 0 Å². The monoisotopic (exact) mass is 214 g/mol. The molecule has 0 bridgehead atoms. The molecule has 0 atom stereocenters. The fourth-order valence-electron chi connectivity index (χ4n) is 0.524. The number of carbonyl (C=O) groups excluding carboxylic acids is 1. The summed E-state index contributed by atoms with van der Waals surface area (Å²) in [6, 6.07) is 0. The van der Waals surface area contributed by atoms with Crippen molar-refractivity contribution in [3.63, 3.8) is 0 Å². The Bertz CT molecular complexity index is 186. The molecule has 0 saturated carbocycles. The smallest absolute Gasteiger partial charge is 0.298 e. The fraction of sp³-hybridized carbons (Fsp3) is 0.875. The molecule has 5 heteroatoms. The van der Waals surface area contributed by atoms with E-state index in [1.165, 1.54) is 6.92 Å². The van der Waals surface area contributed by atoms with E-state index in [-0.39, 0.29) is 11.5 Å². The second kappa shape index (κ2) is 4.35. The lowest BCUT2D eigenvalue weighted by molar-refractivity contribution is -0.129. The van der Waals surface area contributed by atoms with Gasteiger partial charge in [0, 0.05) is 5.75 Å². The van der Waals surface area contributed by atoms with Gasteiger partial charge >= 0.3 is 6.18 Å². The van der Waals surface area contributed by atoms with Crippen LogP contribution in [0.2, 0.25) is 0 Å². The van der Waals surface area contributed by atoms with Crippen LogP contribution in [-0.4, -0.2) is 22.5 Å². The molecule has 13 heavy (non-hydrogen) atoms. The Morgan fingerprint density at radius 2 is 1.77 bits per heavy atom. The summed E-state index contributed by atoms with van der Waals surface area (Å²) in [5.74, 6) is -0.157. The van der Waals surface area contributed by atoms with E-state index in [2.05, 4.69) is 0 Å². The largest absolute Gasteiger partial charge is 0.389 e. The first-order chi connectivity index (χ1) is 5.65. The third-order valence-electron chi connectivity index (χ3n) is 1.70. The molecule has 0 spiro atoms. The minimum Gasteiger partial charge on any atom is -0.298 e. The zero-order valence-electron chi connectivity index (χ0n) is 7.86. The second-order valence-corrected chi connectivity index (χ2v) is 5.00. The van der Waals surface area contributed by atoms with Crippen molar-refractivity contribution in [1.29, 1.82) is 0 Å². The summed E-state index contributed by atoms with van der Waals surface area (Å²) < 4.78 is 34.5. The first-order valence-electron chi connectivity index (χ1n) is 3.87. The summed E-state index contributed by atoms with van der Waals surface area (Å²) in [7, 11) is 0. The molecule has 0 aromatic rings. The molecule has 0 saturated heterocycles. The van der Waals surface area contributed by atoms with Crippen molar-refractivity contribution in [3.8, 4) is 0 Å². The van der Waals surface area contributed by atoms with Crippen LogP contribution in [0.3, 0.4) is 0 Å². The van der Waals surface area contributed by atoms with Crippen molar-refractivity contribution in [3.05, 3.63) is 0 Å². The van der Waals surface area contributed by atoms with Crippen molar-refractivity contribution in [1.82, 2.24) is 0 Å². The summed E-state index contributed by atoms with van der Waals surface area (Å²) in [6.45, 7) is 4.66. The maximum atomic E-state index is 11.7. The third kappa shape index (κ3) is 5.96. The van der Waals surface area contributed by atoms with Crippen LogP contribution in [0.1, 0.15) is 27.2 Å². The second-order valence-electron chi connectivity index (χ2n) is 3.28. The predicted molar refractivity (Wildman–Crippen MR) is 47.9 cm³/mol. The van der Waals surface area contributed by atoms with Crippen LogP contribution >= 0.6 is 11.8 Å². The zero-order valence-corrected chi connectivity index (χ0v) is 8.68. The van der Waals surface area contributed by atoms with E-state index in [9.17, 15) is 18.0 Å². The standard InChI is InChI=1S/C8H13F3OS/c1-6(12)7(2,3)13-5-4-8(9,10)11/h4-5H2,1-3H3. The fourth-order valence-corrected chi connectivity index (χ4v) is 1.57. The summed E-state index contributed by atoms with van der Waals surface area (Å²) in [5.41, 5.74) is 0. The van der Waals surface area contributed by atoms with Gasteiger partial charge in [0.15, 0.2) is 0 Å². The Labute approximate surface area is 80.1 Å². The van der Waals surface area contributed by atoms with Crippen molar-refractivity contribution < 1.29 is 18.0 Å². The van der Waals surface area contributed by atoms with Crippen molar-refractivity contribution in [2.24, 2.45) is 0 Å². The molecule has 0 fully saturated rings. The molecule has 0 rings (SSSR count). The summed E-state index contributed by atoms with van der Waals surface area (Å²) in [4.78, 5) is 10.9. The van der Waals surface area contributed by atoms with Gasteiger partial charge in [0.2, 0.25) is 0 Å². The SMILES string of the molecule is CC(=O)C(C)(C)SCCC(F)(F)F. The van der Waals surface area contributed by atoms with Crippen LogP contribution in [-0.2, 0) is 4.79 Å². The highest BCUT2D eigenvalue weighted by atomic mass is 32.2. The number of hydrogen-bond acceptors (Lipinski definition) is 2. The van der Waals surface area contributed by atoms with Gasteiger partial charge in [0.05, 0.1) is 11.2 Å². The molecule has 78 valence electrons. The zero-order chi connectivity index (χ0) is 10.7. The van der Waals surface area contributed by atoms with Crippen molar-refractivity contribution >= 4 is 17.5 Å². The predicted octanol–water partition coefficient (Wildman–Crippen LogP) is 3.04. The van der Waals surface area contributed by atoms with E-state index in [4.69, 9.17) is 0 Å². The number of carbonyl (C=O) groups is 1. The lowest BCUT2D eigenvalue weighted by Crippen LogP contribution is -2.26. The summed E-state index contributed by atoms with van der Waals surface area (Å²) in [6.07, 6.45) is -4.96. The van der Waals surface area contributed by atoms with Gasteiger partial charge in [0.1, 0.15) is 5.78 Å². The van der Waals surface area contributed by atoms with Gasteiger partial charge in [-0.25, -0.2) is 0 Å². The van der Waals surface area contributed by atoms with Gasteiger partial charge in [-0.1, -0.05) is 0 Å². The van der Waals surface area contributed by atoms with Gasteiger partial charge in [-0.15, -0.1) is 11.8 Å². The molecule has 0 amide bonds. The third-order valence-corrected chi connectivity index (χ3v) is 3.11. The van der Waals surface area contributed by atoms with Gasteiger partial charge in [-0.05, 0) is 20.8 Å². The van der Waals surface area contributed by atoms with E-state index in [1.54, 1.807) is 13.8 Å². The molecule has 0 aromatic carbocycles. The molecule has 0 N–H and O–H groups in total. The maximum Gasteiger partial charge on any atom is 0.389 e. The first-order valence-corrected chi connectivity index (χ1v) is 4.85. The molecule has 0 heterocycles. The van der Waals surface area contributed by atoms with Gasteiger partial charge < -0.3 is 0 Å². The molecule has 0 aliphatic heterocycles. The number of alkyl halides is 3. The Kier molecular flexibility index (Phi) is 4.29. The Balaban J connectivity index is 3.84. The number of Topliss-reactive ketones (excluding diaryl/α,β-unsaturated/α-hetero) is 1. The molecule has 0 aromatic heterocycles. The quantitative estimate of drug-likeness (QED) is 0.715. The maximum absolute atomic E-state index is 11.7. The van der Waals surface area contributed by atoms with E-state index in [0.717, 1.165) is 11.8 Å². The average molecular weight is 214 g/mol. The summed E-state index contributed by atoms with van der Waals surface area (Å²) in [5, 5.41) is 0. The number of rotatable bonds is 4. The molecule has 0 aliphatic carbocycles. The number of halogens is 3. The van der Waals surface area contributed by atoms with Gasteiger partial charge in [-0.2, -0.15) is 13.2 Å². The van der Waals surface area contributed by atoms with Crippen molar-refractivity contribution in [2.75, 3.05) is 5.75 Å². The Hall–Kier alpha value is -0.190. The van der Waals surface area contributed by atoms with E-state index in [0.29, 0.717) is 0 Å². The molecular weight excluding hydrogens is 201 g/mol. The minimum absolute atomic E-state index is 0.0594. The van der Waals surface area contributed by atoms with Crippen molar-refractivity contribution in [2.45, 2.75) is 38.1 Å². The highest BCUT2D eigenvalue weighted by Crippen LogP contribution is 2.29. The Morgan fingerprint density at radius 1 is 1.31 bits per heavy atom. The molecule has 0 aliphatic rings. The van der Waals surface area contributed by atoms with E-state index < -0.39 is 17.3 Å². The van der Waals surface area contributed by atoms with Crippen LogP contribution in [0.25, 0.3) is 0 Å². The molecule has 0 unspecified atom stereocenters. The molecule has 1 nitrogen and oxygen atoms in total. The molecular formula is C8H13F3OS. The lowest BCUT2D eigenvalue weighted by atomic mass is 10.1. The number of thioether (sulfide) groups is 1. The Morgan fingerprint density at radius 3 is 2.08 bits per heavy atom. The van der Waals surface area contributed by atoms with E-state index in [1.807, 2.05) is 0 Å². The topological polar surface area (TPSA) is 17.1 Å². The van der Waals surface area contributed by atoms with Crippen LogP contribution in [0.15, 0.2) is 0 Å². The van der Waals surface area contributed by atoms with E-state index >= 15 is 0 Å². The highest BCUT2D eigenvalue weighted by molar-refractivity contribution is 8.01.